The number of alkyl halides is 1. The van der Waals surface area contributed by atoms with Gasteiger partial charge in [-0.05, 0) is 32.6 Å². The van der Waals surface area contributed by atoms with Crippen molar-refractivity contribution in [2.24, 2.45) is 5.41 Å². The van der Waals surface area contributed by atoms with Crippen molar-refractivity contribution < 1.29 is 9.53 Å². The van der Waals surface area contributed by atoms with E-state index < -0.39 is 5.60 Å². The zero-order valence-electron chi connectivity index (χ0n) is 10.8. The molecule has 3 nitrogen and oxygen atoms in total. The van der Waals surface area contributed by atoms with Gasteiger partial charge in [-0.3, -0.25) is 0 Å². The smallest absolute Gasteiger partial charge is 0.410 e. The Kier molecular flexibility index (Phi) is 4.13. The van der Waals surface area contributed by atoms with Gasteiger partial charge in [0.05, 0.1) is 0 Å². The van der Waals surface area contributed by atoms with Crippen LogP contribution in [-0.2, 0) is 4.74 Å². The van der Waals surface area contributed by atoms with Crippen molar-refractivity contribution in [1.82, 2.24) is 4.90 Å². The Morgan fingerprint density at radius 3 is 2.50 bits per heavy atom. The van der Waals surface area contributed by atoms with Crippen LogP contribution in [0.3, 0.4) is 0 Å². The van der Waals surface area contributed by atoms with Gasteiger partial charge in [0.2, 0.25) is 0 Å². The first kappa shape index (κ1) is 14.1. The van der Waals surface area contributed by atoms with Crippen LogP contribution in [0.2, 0.25) is 0 Å². The second kappa shape index (κ2) is 4.70. The molecule has 0 aromatic carbocycles. The first-order chi connectivity index (χ1) is 7.14. The lowest BCUT2D eigenvalue weighted by Crippen LogP contribution is -2.40. The third kappa shape index (κ3) is 3.79. The molecule has 0 aromatic heterocycles. The molecule has 16 heavy (non-hydrogen) atoms. The van der Waals surface area contributed by atoms with E-state index in [-0.39, 0.29) is 11.5 Å². The molecule has 1 rings (SSSR count). The van der Waals surface area contributed by atoms with Crippen molar-refractivity contribution >= 4 is 28.7 Å². The van der Waals surface area contributed by atoms with Crippen LogP contribution in [0.4, 0.5) is 4.79 Å². The van der Waals surface area contributed by atoms with Crippen LogP contribution in [0.25, 0.3) is 0 Å². The molecule has 0 bridgehead atoms. The normalized spacial score (nSPS) is 24.6. The standard InChI is InChI=1S/C12H22INO2/c1-11(2,3)16-10(15)14-8-12(4,5)6-9(14)7-13/h9H,6-8H2,1-5H3. The molecular weight excluding hydrogens is 317 g/mol. The van der Waals surface area contributed by atoms with Crippen LogP contribution in [0.1, 0.15) is 41.0 Å². The molecule has 1 saturated heterocycles. The van der Waals surface area contributed by atoms with Gasteiger partial charge in [-0.2, -0.15) is 0 Å². The highest BCUT2D eigenvalue weighted by Gasteiger charge is 2.40. The number of likely N-dealkylation sites (tertiary alicyclic amines) is 1. The zero-order valence-corrected chi connectivity index (χ0v) is 13.0. The number of carbonyl (C=O) groups excluding carboxylic acids is 1. The van der Waals surface area contributed by atoms with Gasteiger partial charge in [0.25, 0.3) is 0 Å². The number of amides is 1. The summed E-state index contributed by atoms with van der Waals surface area (Å²) < 4.78 is 6.40. The molecular formula is C12H22INO2. The quantitative estimate of drug-likeness (QED) is 0.541. The summed E-state index contributed by atoms with van der Waals surface area (Å²) in [7, 11) is 0. The minimum atomic E-state index is -0.403. The highest BCUT2D eigenvalue weighted by Crippen LogP contribution is 2.35. The Labute approximate surface area is 112 Å². The van der Waals surface area contributed by atoms with Crippen molar-refractivity contribution in [2.75, 3.05) is 11.0 Å². The number of hydrogen-bond donors (Lipinski definition) is 0. The summed E-state index contributed by atoms with van der Waals surface area (Å²) in [6.45, 7) is 10.9. The average molecular weight is 339 g/mol. The minimum absolute atomic E-state index is 0.167. The van der Waals surface area contributed by atoms with E-state index in [1.807, 2.05) is 25.7 Å². The molecule has 0 aliphatic carbocycles. The van der Waals surface area contributed by atoms with Gasteiger partial charge in [0, 0.05) is 17.0 Å². The van der Waals surface area contributed by atoms with Gasteiger partial charge in [-0.25, -0.2) is 4.79 Å². The van der Waals surface area contributed by atoms with Crippen molar-refractivity contribution in [2.45, 2.75) is 52.7 Å². The summed E-state index contributed by atoms with van der Waals surface area (Å²) >= 11 is 2.34. The van der Waals surface area contributed by atoms with Crippen molar-refractivity contribution in [1.29, 1.82) is 0 Å². The molecule has 1 fully saturated rings. The fraction of sp³-hybridized carbons (Fsp3) is 0.917. The number of ether oxygens (including phenoxy) is 1. The largest absolute Gasteiger partial charge is 0.444 e. The van der Waals surface area contributed by atoms with Crippen molar-refractivity contribution in [3.8, 4) is 0 Å². The molecule has 1 aliphatic rings. The minimum Gasteiger partial charge on any atom is -0.444 e. The van der Waals surface area contributed by atoms with E-state index in [9.17, 15) is 4.79 Å². The van der Waals surface area contributed by atoms with Crippen LogP contribution in [-0.4, -0.2) is 33.6 Å². The fourth-order valence-electron chi connectivity index (χ4n) is 2.07. The zero-order chi connectivity index (χ0) is 12.6. The van der Waals surface area contributed by atoms with Gasteiger partial charge in [-0.1, -0.05) is 36.4 Å². The number of nitrogens with zero attached hydrogens (tertiary/aromatic N) is 1. The number of carbonyl (C=O) groups is 1. The summed E-state index contributed by atoms with van der Waals surface area (Å²) in [6.07, 6.45) is 0.898. The lowest BCUT2D eigenvalue weighted by atomic mass is 9.91. The lowest BCUT2D eigenvalue weighted by Gasteiger charge is -2.28. The molecule has 0 radical (unpaired) electrons. The Balaban J connectivity index is 2.69. The second-order valence-electron chi connectivity index (χ2n) is 6.28. The molecule has 0 N–H and O–H groups in total. The van der Waals surface area contributed by atoms with Crippen LogP contribution < -0.4 is 0 Å². The van der Waals surface area contributed by atoms with E-state index in [0.717, 1.165) is 17.4 Å². The first-order valence-corrected chi connectivity index (χ1v) is 7.23. The maximum absolute atomic E-state index is 12.0. The molecule has 0 spiro atoms. The Morgan fingerprint density at radius 2 is 2.06 bits per heavy atom. The predicted octanol–water partition coefficient (Wildman–Crippen LogP) is 3.46. The lowest BCUT2D eigenvalue weighted by molar-refractivity contribution is 0.0230. The van der Waals surface area contributed by atoms with Gasteiger partial charge in [0.15, 0.2) is 0 Å². The molecule has 0 aromatic rings. The Bertz CT molecular complexity index is 271. The highest BCUT2D eigenvalue weighted by atomic mass is 127. The van der Waals surface area contributed by atoms with Crippen molar-refractivity contribution in [3.05, 3.63) is 0 Å². The maximum atomic E-state index is 12.0. The molecule has 1 atom stereocenters. The molecule has 1 heterocycles. The molecule has 1 amide bonds. The van der Waals surface area contributed by atoms with Gasteiger partial charge >= 0.3 is 6.09 Å². The summed E-state index contributed by atoms with van der Waals surface area (Å²) in [5.41, 5.74) is -0.188. The van der Waals surface area contributed by atoms with E-state index in [4.69, 9.17) is 4.74 Å². The predicted molar refractivity (Wildman–Crippen MR) is 74.0 cm³/mol. The van der Waals surface area contributed by atoms with E-state index >= 15 is 0 Å². The van der Waals surface area contributed by atoms with Gasteiger partial charge in [-0.15, -0.1) is 0 Å². The average Bonchev–Trinajstić information content (AvgIpc) is 2.38. The van der Waals surface area contributed by atoms with Crippen LogP contribution in [0.15, 0.2) is 0 Å². The van der Waals surface area contributed by atoms with E-state index in [1.165, 1.54) is 0 Å². The van der Waals surface area contributed by atoms with Gasteiger partial charge in [0.1, 0.15) is 5.60 Å². The molecule has 4 heteroatoms. The SMILES string of the molecule is CC1(C)CC(CI)N(C(=O)OC(C)(C)C)C1. The molecule has 94 valence electrons. The fourth-order valence-corrected chi connectivity index (χ4v) is 2.86. The highest BCUT2D eigenvalue weighted by molar-refractivity contribution is 14.1. The van der Waals surface area contributed by atoms with Gasteiger partial charge < -0.3 is 9.64 Å². The second-order valence-corrected chi connectivity index (χ2v) is 7.17. The third-order valence-corrected chi connectivity index (χ3v) is 3.65. The Morgan fingerprint density at radius 1 is 1.50 bits per heavy atom. The maximum Gasteiger partial charge on any atom is 0.410 e. The summed E-state index contributed by atoms with van der Waals surface area (Å²) in [6, 6.07) is 0.324. The third-order valence-electron chi connectivity index (χ3n) is 2.63. The van der Waals surface area contributed by atoms with Crippen molar-refractivity contribution in [3.63, 3.8) is 0 Å². The first-order valence-electron chi connectivity index (χ1n) is 5.70. The van der Waals surface area contributed by atoms with E-state index in [2.05, 4.69) is 36.4 Å². The van der Waals surface area contributed by atoms with Crippen LogP contribution >= 0.6 is 22.6 Å². The summed E-state index contributed by atoms with van der Waals surface area (Å²) in [5.74, 6) is 0. The number of hydrogen-bond acceptors (Lipinski definition) is 2. The van der Waals surface area contributed by atoms with E-state index in [1.54, 1.807) is 0 Å². The molecule has 1 unspecified atom stereocenters. The van der Waals surface area contributed by atoms with Crippen LogP contribution in [0, 0.1) is 5.41 Å². The molecule has 0 saturated carbocycles. The van der Waals surface area contributed by atoms with Crippen LogP contribution in [0.5, 0.6) is 0 Å². The molecule has 1 aliphatic heterocycles. The topological polar surface area (TPSA) is 29.5 Å². The van der Waals surface area contributed by atoms with E-state index in [0.29, 0.717) is 6.04 Å². The number of rotatable bonds is 1. The Hall–Kier alpha value is 0. The monoisotopic (exact) mass is 339 g/mol. The summed E-state index contributed by atoms with van der Waals surface area (Å²) in [5, 5.41) is 0. The summed E-state index contributed by atoms with van der Waals surface area (Å²) in [4.78, 5) is 13.9. The number of halogens is 1.